The minimum absolute atomic E-state index is 0.489. The summed E-state index contributed by atoms with van der Waals surface area (Å²) in [5.74, 6) is 0. The van der Waals surface area contributed by atoms with Gasteiger partial charge in [0.15, 0.2) is 0 Å². The van der Waals surface area contributed by atoms with Crippen LogP contribution >= 0.6 is 0 Å². The SMILES string of the molecule is CCCCC/C=C\C/C=C\CCCCCCCCO[C@H]1CCNC1. The first kappa shape index (κ1) is 21.4. The van der Waals surface area contributed by atoms with Gasteiger partial charge in [0, 0.05) is 13.2 Å². The lowest BCUT2D eigenvalue weighted by Gasteiger charge is -2.09. The van der Waals surface area contributed by atoms with Crippen LogP contribution < -0.4 is 5.32 Å². The average molecular weight is 336 g/mol. The second-order valence-electron chi connectivity index (χ2n) is 7.07. The van der Waals surface area contributed by atoms with Gasteiger partial charge in [-0.05, 0) is 51.5 Å². The largest absolute Gasteiger partial charge is 0.377 e. The van der Waals surface area contributed by atoms with Crippen molar-refractivity contribution in [1.29, 1.82) is 0 Å². The van der Waals surface area contributed by atoms with E-state index < -0.39 is 0 Å². The molecule has 0 aromatic heterocycles. The first-order valence-electron chi connectivity index (χ1n) is 10.6. The van der Waals surface area contributed by atoms with Crippen LogP contribution in [0.2, 0.25) is 0 Å². The summed E-state index contributed by atoms with van der Waals surface area (Å²) in [5.41, 5.74) is 0. The first-order valence-corrected chi connectivity index (χ1v) is 10.6. The third kappa shape index (κ3) is 13.8. The quantitative estimate of drug-likeness (QED) is 0.269. The summed E-state index contributed by atoms with van der Waals surface area (Å²) < 4.78 is 5.84. The number of rotatable bonds is 16. The Morgan fingerprint density at radius 1 is 0.833 bits per heavy atom. The number of hydrogen-bond donors (Lipinski definition) is 1. The summed E-state index contributed by atoms with van der Waals surface area (Å²) in [4.78, 5) is 0. The molecule has 2 nitrogen and oxygen atoms in total. The van der Waals surface area contributed by atoms with Crippen LogP contribution in [0.5, 0.6) is 0 Å². The molecule has 0 saturated carbocycles. The smallest absolute Gasteiger partial charge is 0.0711 e. The van der Waals surface area contributed by atoms with Crippen LogP contribution in [0.3, 0.4) is 0 Å². The number of allylic oxidation sites excluding steroid dienone is 4. The third-order valence-electron chi connectivity index (χ3n) is 4.71. The fourth-order valence-electron chi connectivity index (χ4n) is 3.11. The Bertz CT molecular complexity index is 305. The Morgan fingerprint density at radius 2 is 1.50 bits per heavy atom. The summed E-state index contributed by atoms with van der Waals surface area (Å²) >= 11 is 0. The van der Waals surface area contributed by atoms with Gasteiger partial charge in [-0.3, -0.25) is 0 Å². The van der Waals surface area contributed by atoms with E-state index in [0.717, 1.165) is 26.1 Å². The molecule has 1 aliphatic heterocycles. The zero-order valence-electron chi connectivity index (χ0n) is 16.1. The summed E-state index contributed by atoms with van der Waals surface area (Å²) in [6, 6.07) is 0. The molecule has 0 spiro atoms. The molecule has 1 heterocycles. The molecule has 1 fully saturated rings. The number of nitrogens with one attached hydrogen (secondary N) is 1. The second kappa shape index (κ2) is 17.2. The Balaban J connectivity index is 1.73. The van der Waals surface area contributed by atoms with Gasteiger partial charge >= 0.3 is 0 Å². The lowest BCUT2D eigenvalue weighted by Crippen LogP contribution is -2.17. The van der Waals surface area contributed by atoms with Gasteiger partial charge in [0.05, 0.1) is 6.10 Å². The van der Waals surface area contributed by atoms with Crippen molar-refractivity contribution in [2.45, 2.75) is 96.5 Å². The maximum Gasteiger partial charge on any atom is 0.0711 e. The van der Waals surface area contributed by atoms with E-state index in [-0.39, 0.29) is 0 Å². The zero-order valence-corrected chi connectivity index (χ0v) is 16.1. The van der Waals surface area contributed by atoms with Crippen molar-refractivity contribution in [3.05, 3.63) is 24.3 Å². The maximum absolute atomic E-state index is 5.84. The topological polar surface area (TPSA) is 21.3 Å². The van der Waals surface area contributed by atoms with Crippen molar-refractivity contribution in [2.24, 2.45) is 0 Å². The summed E-state index contributed by atoms with van der Waals surface area (Å²) in [7, 11) is 0. The molecule has 2 heteroatoms. The Labute approximate surface area is 151 Å². The van der Waals surface area contributed by atoms with Crippen molar-refractivity contribution in [3.8, 4) is 0 Å². The number of hydrogen-bond acceptors (Lipinski definition) is 2. The van der Waals surface area contributed by atoms with Crippen LogP contribution in [0.25, 0.3) is 0 Å². The molecule has 1 rings (SSSR count). The van der Waals surface area contributed by atoms with Crippen molar-refractivity contribution in [1.82, 2.24) is 5.32 Å². The monoisotopic (exact) mass is 335 g/mol. The van der Waals surface area contributed by atoms with Gasteiger partial charge in [-0.2, -0.15) is 0 Å². The first-order chi connectivity index (χ1) is 11.9. The molecule has 1 saturated heterocycles. The summed E-state index contributed by atoms with van der Waals surface area (Å²) in [6.07, 6.45) is 26.7. The molecular formula is C22H41NO. The normalized spacial score (nSPS) is 18.3. The Hall–Kier alpha value is -0.600. The van der Waals surface area contributed by atoms with Gasteiger partial charge in [0.1, 0.15) is 0 Å². The fraction of sp³-hybridized carbons (Fsp3) is 0.818. The highest BCUT2D eigenvalue weighted by atomic mass is 16.5. The van der Waals surface area contributed by atoms with E-state index in [0.29, 0.717) is 6.10 Å². The Kier molecular flexibility index (Phi) is 15.4. The fourth-order valence-corrected chi connectivity index (χ4v) is 3.11. The maximum atomic E-state index is 5.84. The molecule has 1 aliphatic rings. The minimum atomic E-state index is 0.489. The average Bonchev–Trinajstić information content (AvgIpc) is 3.11. The van der Waals surface area contributed by atoms with Gasteiger partial charge in [-0.1, -0.05) is 69.8 Å². The van der Waals surface area contributed by atoms with Crippen LogP contribution in [0.15, 0.2) is 24.3 Å². The van der Waals surface area contributed by atoms with Crippen LogP contribution in [-0.4, -0.2) is 25.8 Å². The van der Waals surface area contributed by atoms with E-state index >= 15 is 0 Å². The predicted molar refractivity (Wildman–Crippen MR) is 107 cm³/mol. The molecule has 0 aliphatic carbocycles. The van der Waals surface area contributed by atoms with E-state index in [1.165, 1.54) is 77.0 Å². The number of ether oxygens (including phenoxy) is 1. The standard InChI is InChI=1S/C22H41NO/c1-2-3-4-5-6-7-8-9-10-11-12-13-14-15-16-17-20-24-22-18-19-23-21-22/h6-7,9-10,22-23H,2-5,8,11-21H2,1H3/b7-6-,10-9-/t22-/m0/s1. The van der Waals surface area contributed by atoms with Crippen LogP contribution in [-0.2, 0) is 4.74 Å². The van der Waals surface area contributed by atoms with E-state index in [4.69, 9.17) is 4.74 Å². The highest BCUT2D eigenvalue weighted by molar-refractivity contribution is 4.92. The van der Waals surface area contributed by atoms with Crippen LogP contribution in [0, 0.1) is 0 Å². The molecule has 0 unspecified atom stereocenters. The van der Waals surface area contributed by atoms with Crippen molar-refractivity contribution >= 4 is 0 Å². The molecule has 0 aromatic carbocycles. The van der Waals surface area contributed by atoms with Gasteiger partial charge in [0.25, 0.3) is 0 Å². The predicted octanol–water partition coefficient (Wildman–Crippen LogP) is 6.18. The summed E-state index contributed by atoms with van der Waals surface area (Å²) in [6.45, 7) is 5.41. The lowest BCUT2D eigenvalue weighted by atomic mass is 10.1. The highest BCUT2D eigenvalue weighted by Gasteiger charge is 2.13. The van der Waals surface area contributed by atoms with E-state index in [1.807, 2.05) is 0 Å². The van der Waals surface area contributed by atoms with Crippen molar-refractivity contribution < 1.29 is 4.74 Å². The van der Waals surface area contributed by atoms with Crippen molar-refractivity contribution in [3.63, 3.8) is 0 Å². The molecule has 0 radical (unpaired) electrons. The van der Waals surface area contributed by atoms with Gasteiger partial charge in [-0.15, -0.1) is 0 Å². The van der Waals surface area contributed by atoms with Crippen LogP contribution in [0.4, 0.5) is 0 Å². The Morgan fingerprint density at radius 3 is 2.17 bits per heavy atom. The van der Waals surface area contributed by atoms with Gasteiger partial charge in [0.2, 0.25) is 0 Å². The van der Waals surface area contributed by atoms with E-state index in [1.54, 1.807) is 0 Å². The number of unbranched alkanes of at least 4 members (excludes halogenated alkanes) is 9. The third-order valence-corrected chi connectivity index (χ3v) is 4.71. The minimum Gasteiger partial charge on any atom is -0.377 e. The van der Waals surface area contributed by atoms with E-state index in [9.17, 15) is 0 Å². The molecule has 0 bridgehead atoms. The van der Waals surface area contributed by atoms with Gasteiger partial charge < -0.3 is 10.1 Å². The molecule has 0 amide bonds. The molecule has 140 valence electrons. The van der Waals surface area contributed by atoms with Crippen molar-refractivity contribution in [2.75, 3.05) is 19.7 Å². The second-order valence-corrected chi connectivity index (χ2v) is 7.07. The van der Waals surface area contributed by atoms with E-state index in [2.05, 4.69) is 36.5 Å². The summed E-state index contributed by atoms with van der Waals surface area (Å²) in [5, 5.41) is 3.34. The zero-order chi connectivity index (χ0) is 17.1. The van der Waals surface area contributed by atoms with Gasteiger partial charge in [-0.25, -0.2) is 0 Å². The molecule has 1 atom stereocenters. The molecule has 1 N–H and O–H groups in total. The molecule has 24 heavy (non-hydrogen) atoms. The lowest BCUT2D eigenvalue weighted by molar-refractivity contribution is 0.0641. The molecule has 0 aromatic rings. The highest BCUT2D eigenvalue weighted by Crippen LogP contribution is 2.09. The van der Waals surface area contributed by atoms with Crippen LogP contribution in [0.1, 0.15) is 90.4 Å². The molecular weight excluding hydrogens is 294 g/mol.